The van der Waals surface area contributed by atoms with E-state index in [-0.39, 0.29) is 6.61 Å². The molecule has 23 heavy (non-hydrogen) atoms. The van der Waals surface area contributed by atoms with Gasteiger partial charge in [0.25, 0.3) is 0 Å². The lowest BCUT2D eigenvalue weighted by Gasteiger charge is -2.19. The minimum atomic E-state index is -0.500. The van der Waals surface area contributed by atoms with Crippen LogP contribution in [-0.2, 0) is 23.7 Å². The summed E-state index contributed by atoms with van der Waals surface area (Å²) in [7, 11) is 0. The zero-order valence-electron chi connectivity index (χ0n) is 14.4. The van der Waals surface area contributed by atoms with Crippen LogP contribution in [-0.4, -0.2) is 77.8 Å². The average molecular weight is 339 g/mol. The van der Waals surface area contributed by atoms with Crippen molar-refractivity contribution in [2.45, 2.75) is 26.4 Å². The van der Waals surface area contributed by atoms with Crippen LogP contribution >= 0.6 is 0 Å². The minimum absolute atomic E-state index is 0.111. The number of carbonyl (C=O) groups is 1. The molecule has 0 saturated heterocycles. The van der Waals surface area contributed by atoms with E-state index < -0.39 is 18.4 Å². The van der Waals surface area contributed by atoms with Crippen LogP contribution in [0.5, 0.6) is 0 Å². The second-order valence-corrected chi connectivity index (χ2v) is 5.57. The molecule has 1 amide bonds. The Kier molecular flexibility index (Phi) is 14.0. The van der Waals surface area contributed by atoms with Gasteiger partial charge >= 0.3 is 6.09 Å². The van der Waals surface area contributed by atoms with Crippen LogP contribution in [0.1, 0.15) is 20.8 Å². The molecule has 1 N–H and O–H groups in total. The van der Waals surface area contributed by atoms with Crippen LogP contribution in [0.4, 0.5) is 9.18 Å². The van der Waals surface area contributed by atoms with Gasteiger partial charge < -0.3 is 29.0 Å². The van der Waals surface area contributed by atoms with Gasteiger partial charge in [-0.05, 0) is 20.8 Å². The lowest BCUT2D eigenvalue weighted by atomic mass is 10.2. The fourth-order valence-corrected chi connectivity index (χ4v) is 1.36. The second kappa shape index (κ2) is 14.6. The van der Waals surface area contributed by atoms with E-state index in [0.29, 0.717) is 52.8 Å². The Morgan fingerprint density at radius 3 is 1.70 bits per heavy atom. The van der Waals surface area contributed by atoms with Crippen LogP contribution in [0.2, 0.25) is 0 Å². The van der Waals surface area contributed by atoms with Gasteiger partial charge in [0.05, 0.1) is 52.9 Å². The summed E-state index contributed by atoms with van der Waals surface area (Å²) in [5, 5.41) is 2.60. The van der Waals surface area contributed by atoms with Crippen LogP contribution in [0.3, 0.4) is 0 Å². The molecule has 138 valence electrons. The maximum absolute atomic E-state index is 11.7. The van der Waals surface area contributed by atoms with Crippen molar-refractivity contribution in [3.8, 4) is 0 Å². The Labute approximate surface area is 137 Å². The first-order valence-electron chi connectivity index (χ1n) is 7.79. The number of carbonyl (C=O) groups excluding carboxylic acids is 1. The van der Waals surface area contributed by atoms with Crippen molar-refractivity contribution < 1.29 is 32.9 Å². The van der Waals surface area contributed by atoms with E-state index >= 15 is 0 Å². The molecular formula is C15H30FNO6. The van der Waals surface area contributed by atoms with Gasteiger partial charge in [0.15, 0.2) is 0 Å². The van der Waals surface area contributed by atoms with Crippen LogP contribution in [0.25, 0.3) is 0 Å². The minimum Gasteiger partial charge on any atom is -0.444 e. The lowest BCUT2D eigenvalue weighted by Crippen LogP contribution is -2.34. The predicted molar refractivity (Wildman–Crippen MR) is 83.5 cm³/mol. The molecular weight excluding hydrogens is 309 g/mol. The lowest BCUT2D eigenvalue weighted by molar-refractivity contribution is -0.00295. The summed E-state index contributed by atoms with van der Waals surface area (Å²) in [4.78, 5) is 11.3. The van der Waals surface area contributed by atoms with E-state index in [2.05, 4.69) is 5.32 Å². The van der Waals surface area contributed by atoms with Gasteiger partial charge in [0, 0.05) is 6.54 Å². The van der Waals surface area contributed by atoms with Crippen molar-refractivity contribution in [2.75, 3.05) is 66.1 Å². The van der Waals surface area contributed by atoms with Crippen molar-refractivity contribution in [1.29, 1.82) is 0 Å². The highest BCUT2D eigenvalue weighted by atomic mass is 19.1. The third-order valence-corrected chi connectivity index (χ3v) is 2.25. The number of amides is 1. The second-order valence-electron chi connectivity index (χ2n) is 5.57. The molecule has 0 heterocycles. The Morgan fingerprint density at radius 2 is 1.26 bits per heavy atom. The molecule has 0 radical (unpaired) electrons. The Hall–Kier alpha value is -0.960. The Morgan fingerprint density at radius 1 is 0.826 bits per heavy atom. The summed E-state index contributed by atoms with van der Waals surface area (Å²) in [6.07, 6.45) is -0.454. The van der Waals surface area contributed by atoms with E-state index in [4.69, 9.17) is 23.7 Å². The Balaban J connectivity index is 3.15. The highest BCUT2D eigenvalue weighted by molar-refractivity contribution is 5.67. The molecule has 0 atom stereocenters. The van der Waals surface area contributed by atoms with E-state index in [1.165, 1.54) is 0 Å². The molecule has 0 unspecified atom stereocenters. The molecule has 0 aromatic carbocycles. The number of halogens is 1. The largest absolute Gasteiger partial charge is 0.444 e. The maximum Gasteiger partial charge on any atom is 0.407 e. The van der Waals surface area contributed by atoms with Gasteiger partial charge in [0.2, 0.25) is 0 Å². The fraction of sp³-hybridized carbons (Fsp3) is 0.933. The molecule has 0 rings (SSSR count). The topological polar surface area (TPSA) is 75.3 Å². The first kappa shape index (κ1) is 22.0. The van der Waals surface area contributed by atoms with Gasteiger partial charge in [-0.1, -0.05) is 0 Å². The average Bonchev–Trinajstić information content (AvgIpc) is 2.46. The summed E-state index contributed by atoms with van der Waals surface area (Å²) < 4.78 is 37.5. The van der Waals surface area contributed by atoms with Crippen molar-refractivity contribution in [3.05, 3.63) is 0 Å². The van der Waals surface area contributed by atoms with E-state index in [9.17, 15) is 9.18 Å². The van der Waals surface area contributed by atoms with E-state index in [0.717, 1.165) is 0 Å². The molecule has 0 aromatic rings. The van der Waals surface area contributed by atoms with E-state index in [1.54, 1.807) is 20.8 Å². The summed E-state index contributed by atoms with van der Waals surface area (Å²) in [6, 6.07) is 0. The van der Waals surface area contributed by atoms with Gasteiger partial charge in [-0.25, -0.2) is 9.18 Å². The molecule has 0 aliphatic carbocycles. The normalized spacial score (nSPS) is 11.5. The van der Waals surface area contributed by atoms with Crippen molar-refractivity contribution >= 4 is 6.09 Å². The number of rotatable bonds is 14. The molecule has 0 spiro atoms. The van der Waals surface area contributed by atoms with E-state index in [1.807, 2.05) is 0 Å². The third kappa shape index (κ3) is 19.0. The SMILES string of the molecule is CC(C)(C)OC(=O)NCCOCCOCCOCCOCCF. The molecule has 7 nitrogen and oxygen atoms in total. The number of nitrogens with one attached hydrogen (secondary N) is 1. The number of hydrogen-bond donors (Lipinski definition) is 1. The van der Waals surface area contributed by atoms with Gasteiger partial charge in [0.1, 0.15) is 12.3 Å². The highest BCUT2D eigenvalue weighted by Crippen LogP contribution is 2.05. The highest BCUT2D eigenvalue weighted by Gasteiger charge is 2.15. The summed E-state index contributed by atoms with van der Waals surface area (Å²) in [6.45, 7) is 8.46. The molecule has 0 saturated carbocycles. The first-order chi connectivity index (χ1) is 11.0. The quantitative estimate of drug-likeness (QED) is 0.484. The zero-order valence-corrected chi connectivity index (χ0v) is 14.4. The van der Waals surface area contributed by atoms with Crippen molar-refractivity contribution in [1.82, 2.24) is 5.32 Å². The standard InChI is InChI=1S/C15H30FNO6/c1-15(2,3)23-14(18)17-5-7-20-9-11-22-13-12-21-10-8-19-6-4-16/h4-13H2,1-3H3,(H,17,18). The van der Waals surface area contributed by atoms with Gasteiger partial charge in [-0.3, -0.25) is 0 Å². The molecule has 0 fully saturated rings. The molecule has 0 aliphatic rings. The monoisotopic (exact) mass is 339 g/mol. The molecule has 0 aromatic heterocycles. The van der Waals surface area contributed by atoms with Crippen LogP contribution < -0.4 is 5.32 Å². The molecule has 8 heteroatoms. The van der Waals surface area contributed by atoms with Crippen molar-refractivity contribution in [3.63, 3.8) is 0 Å². The third-order valence-electron chi connectivity index (χ3n) is 2.25. The smallest absolute Gasteiger partial charge is 0.407 e. The Bertz CT molecular complexity index is 286. The predicted octanol–water partition coefficient (Wildman–Crippen LogP) is 1.55. The summed E-state index contributed by atoms with van der Waals surface area (Å²) >= 11 is 0. The first-order valence-corrected chi connectivity index (χ1v) is 7.79. The molecule has 0 bridgehead atoms. The van der Waals surface area contributed by atoms with Gasteiger partial charge in [-0.2, -0.15) is 0 Å². The fourth-order valence-electron chi connectivity index (χ4n) is 1.36. The number of ether oxygens (including phenoxy) is 5. The number of alkyl halides is 1. The van der Waals surface area contributed by atoms with Gasteiger partial charge in [-0.15, -0.1) is 0 Å². The summed E-state index contributed by atoms with van der Waals surface area (Å²) in [5.41, 5.74) is -0.500. The van der Waals surface area contributed by atoms with Crippen LogP contribution in [0.15, 0.2) is 0 Å². The maximum atomic E-state index is 11.7. The van der Waals surface area contributed by atoms with Crippen molar-refractivity contribution in [2.24, 2.45) is 0 Å². The zero-order chi connectivity index (χ0) is 17.4. The number of hydrogen-bond acceptors (Lipinski definition) is 6. The van der Waals surface area contributed by atoms with Crippen LogP contribution in [0, 0.1) is 0 Å². The number of alkyl carbamates (subject to hydrolysis) is 1. The molecule has 0 aliphatic heterocycles. The summed E-state index contributed by atoms with van der Waals surface area (Å²) in [5.74, 6) is 0.